The predicted molar refractivity (Wildman–Crippen MR) is 74.6 cm³/mol. The molecule has 1 heterocycles. The number of nitrogens with zero attached hydrogens (tertiary/aromatic N) is 2. The zero-order chi connectivity index (χ0) is 12.5. The van der Waals surface area contributed by atoms with Gasteiger partial charge in [-0.3, -0.25) is 0 Å². The standard InChI is InChI=1S/C14H24N3/c1-15-12-5-7-13(8-6-12)16-10-9-14(11-16)17(2,3)4/h5-8,14-15H,9-11H2,1-4H3/q+1. The van der Waals surface area contributed by atoms with Crippen molar-refractivity contribution in [2.45, 2.75) is 12.5 Å². The first-order valence-corrected chi connectivity index (χ1v) is 6.34. The molecule has 2 rings (SSSR count). The van der Waals surface area contributed by atoms with Crippen molar-refractivity contribution in [3.8, 4) is 0 Å². The Bertz CT molecular complexity index is 364. The first-order chi connectivity index (χ1) is 8.00. The third-order valence-electron chi connectivity index (χ3n) is 3.78. The minimum Gasteiger partial charge on any atom is -0.388 e. The molecule has 0 spiro atoms. The average molecular weight is 234 g/mol. The van der Waals surface area contributed by atoms with Gasteiger partial charge >= 0.3 is 0 Å². The largest absolute Gasteiger partial charge is 0.388 e. The predicted octanol–water partition coefficient (Wildman–Crippen LogP) is 2.01. The molecule has 0 amide bonds. The summed E-state index contributed by atoms with van der Waals surface area (Å²) >= 11 is 0. The van der Waals surface area contributed by atoms with E-state index in [1.165, 1.54) is 30.9 Å². The molecule has 0 saturated carbocycles. The van der Waals surface area contributed by atoms with Gasteiger partial charge in [-0.1, -0.05) is 0 Å². The molecule has 0 radical (unpaired) electrons. The monoisotopic (exact) mass is 234 g/mol. The van der Waals surface area contributed by atoms with Crippen LogP contribution in [-0.2, 0) is 0 Å². The van der Waals surface area contributed by atoms with E-state index in [1.807, 2.05) is 7.05 Å². The summed E-state index contributed by atoms with van der Waals surface area (Å²) in [6.07, 6.45) is 1.29. The Morgan fingerprint density at radius 3 is 2.29 bits per heavy atom. The van der Waals surface area contributed by atoms with Gasteiger partial charge in [0.05, 0.1) is 27.7 Å². The minimum absolute atomic E-state index is 0.749. The zero-order valence-corrected chi connectivity index (χ0v) is 11.4. The van der Waals surface area contributed by atoms with E-state index in [-0.39, 0.29) is 0 Å². The molecule has 0 aliphatic carbocycles. The zero-order valence-electron chi connectivity index (χ0n) is 11.4. The number of quaternary nitrogens is 1. The Kier molecular flexibility index (Phi) is 3.29. The molecule has 0 aromatic heterocycles. The second kappa shape index (κ2) is 4.57. The highest BCUT2D eigenvalue weighted by atomic mass is 15.4. The van der Waals surface area contributed by atoms with Crippen molar-refractivity contribution >= 4 is 11.4 Å². The molecule has 1 saturated heterocycles. The van der Waals surface area contributed by atoms with E-state index in [4.69, 9.17) is 0 Å². The van der Waals surface area contributed by atoms with Crippen LogP contribution < -0.4 is 10.2 Å². The number of likely N-dealkylation sites (N-methyl/N-ethyl adjacent to an activating group) is 1. The number of anilines is 2. The first-order valence-electron chi connectivity index (χ1n) is 6.34. The quantitative estimate of drug-likeness (QED) is 0.805. The molecule has 1 atom stereocenters. The lowest BCUT2D eigenvalue weighted by Crippen LogP contribution is -2.46. The molecular formula is C14H24N3+. The second-order valence-electron chi connectivity index (χ2n) is 5.80. The highest BCUT2D eigenvalue weighted by molar-refractivity contribution is 5.55. The van der Waals surface area contributed by atoms with Crippen LogP contribution in [0.4, 0.5) is 11.4 Å². The van der Waals surface area contributed by atoms with Crippen LogP contribution in [0.5, 0.6) is 0 Å². The van der Waals surface area contributed by atoms with Gasteiger partial charge in [-0.05, 0) is 24.3 Å². The number of benzene rings is 1. The number of hydrogen-bond acceptors (Lipinski definition) is 2. The fourth-order valence-corrected chi connectivity index (χ4v) is 2.45. The molecule has 1 unspecified atom stereocenters. The van der Waals surface area contributed by atoms with Gasteiger partial charge in [-0.25, -0.2) is 0 Å². The lowest BCUT2D eigenvalue weighted by atomic mass is 10.2. The summed E-state index contributed by atoms with van der Waals surface area (Å²) in [5, 5.41) is 3.16. The van der Waals surface area contributed by atoms with Crippen molar-refractivity contribution < 1.29 is 4.48 Å². The molecule has 17 heavy (non-hydrogen) atoms. The molecule has 1 aromatic carbocycles. The van der Waals surface area contributed by atoms with E-state index in [2.05, 4.69) is 55.6 Å². The van der Waals surface area contributed by atoms with Crippen molar-refractivity contribution in [2.75, 3.05) is 51.5 Å². The molecule has 1 fully saturated rings. The van der Waals surface area contributed by atoms with Crippen LogP contribution in [0.25, 0.3) is 0 Å². The van der Waals surface area contributed by atoms with Gasteiger partial charge in [0.15, 0.2) is 0 Å². The molecule has 3 heteroatoms. The maximum Gasteiger partial charge on any atom is 0.108 e. The SMILES string of the molecule is CNc1ccc(N2CCC([N+](C)(C)C)C2)cc1. The summed E-state index contributed by atoms with van der Waals surface area (Å²) in [6.45, 7) is 2.35. The molecule has 3 nitrogen and oxygen atoms in total. The van der Waals surface area contributed by atoms with E-state index in [1.54, 1.807) is 0 Å². The van der Waals surface area contributed by atoms with Gasteiger partial charge in [0.2, 0.25) is 0 Å². The van der Waals surface area contributed by atoms with Crippen molar-refractivity contribution in [3.63, 3.8) is 0 Å². The lowest BCUT2D eigenvalue weighted by molar-refractivity contribution is -0.893. The average Bonchev–Trinajstić information content (AvgIpc) is 2.78. The Morgan fingerprint density at radius 1 is 1.18 bits per heavy atom. The summed E-state index contributed by atoms with van der Waals surface area (Å²) in [5.41, 5.74) is 2.52. The van der Waals surface area contributed by atoms with Crippen LogP contribution in [0.15, 0.2) is 24.3 Å². The van der Waals surface area contributed by atoms with Crippen molar-refractivity contribution in [3.05, 3.63) is 24.3 Å². The number of hydrogen-bond donors (Lipinski definition) is 1. The van der Waals surface area contributed by atoms with E-state index >= 15 is 0 Å². The minimum atomic E-state index is 0.749. The summed E-state index contributed by atoms with van der Waals surface area (Å²) in [5.74, 6) is 0. The summed E-state index contributed by atoms with van der Waals surface area (Å²) in [7, 11) is 8.83. The smallest absolute Gasteiger partial charge is 0.108 e. The van der Waals surface area contributed by atoms with Crippen molar-refractivity contribution in [1.29, 1.82) is 0 Å². The maximum absolute atomic E-state index is 3.16. The van der Waals surface area contributed by atoms with Gasteiger partial charge in [-0.2, -0.15) is 0 Å². The van der Waals surface area contributed by atoms with E-state index in [0.717, 1.165) is 10.5 Å². The third-order valence-corrected chi connectivity index (χ3v) is 3.78. The van der Waals surface area contributed by atoms with E-state index in [0.29, 0.717) is 0 Å². The fourth-order valence-electron chi connectivity index (χ4n) is 2.45. The number of nitrogens with one attached hydrogen (secondary N) is 1. The normalized spacial score (nSPS) is 20.7. The topological polar surface area (TPSA) is 15.3 Å². The highest BCUT2D eigenvalue weighted by Gasteiger charge is 2.32. The molecule has 1 aromatic rings. The summed E-state index contributed by atoms with van der Waals surface area (Å²) in [6, 6.07) is 9.47. The van der Waals surface area contributed by atoms with Gasteiger partial charge < -0.3 is 14.7 Å². The Labute approximate surface area is 105 Å². The Morgan fingerprint density at radius 2 is 1.82 bits per heavy atom. The van der Waals surface area contributed by atoms with Crippen LogP contribution in [-0.4, -0.2) is 51.8 Å². The molecule has 1 aliphatic heterocycles. The van der Waals surface area contributed by atoms with Crippen LogP contribution in [0.3, 0.4) is 0 Å². The van der Waals surface area contributed by atoms with Gasteiger partial charge in [0, 0.05) is 31.4 Å². The maximum atomic E-state index is 3.16. The fraction of sp³-hybridized carbons (Fsp3) is 0.571. The van der Waals surface area contributed by atoms with Crippen LogP contribution >= 0.6 is 0 Å². The lowest BCUT2D eigenvalue weighted by Gasteiger charge is -2.31. The summed E-state index contributed by atoms with van der Waals surface area (Å²) in [4.78, 5) is 2.49. The first kappa shape index (κ1) is 12.2. The Hall–Kier alpha value is -1.22. The number of rotatable bonds is 3. The highest BCUT2D eigenvalue weighted by Crippen LogP contribution is 2.25. The van der Waals surface area contributed by atoms with Crippen molar-refractivity contribution in [1.82, 2.24) is 0 Å². The van der Waals surface area contributed by atoms with E-state index < -0.39 is 0 Å². The van der Waals surface area contributed by atoms with E-state index in [9.17, 15) is 0 Å². The van der Waals surface area contributed by atoms with Crippen LogP contribution in [0, 0.1) is 0 Å². The van der Waals surface area contributed by atoms with Crippen molar-refractivity contribution in [2.24, 2.45) is 0 Å². The summed E-state index contributed by atoms with van der Waals surface area (Å²) < 4.78 is 1.06. The van der Waals surface area contributed by atoms with Gasteiger partial charge in [0.25, 0.3) is 0 Å². The van der Waals surface area contributed by atoms with Crippen LogP contribution in [0.1, 0.15) is 6.42 Å². The molecule has 94 valence electrons. The van der Waals surface area contributed by atoms with Crippen LogP contribution in [0.2, 0.25) is 0 Å². The third kappa shape index (κ3) is 2.72. The molecule has 1 N–H and O–H groups in total. The van der Waals surface area contributed by atoms with Gasteiger partial charge in [-0.15, -0.1) is 0 Å². The molecular weight excluding hydrogens is 210 g/mol. The Balaban J connectivity index is 2.05. The van der Waals surface area contributed by atoms with Gasteiger partial charge in [0.1, 0.15) is 6.04 Å². The molecule has 0 bridgehead atoms. The second-order valence-corrected chi connectivity index (χ2v) is 5.80. The molecule has 1 aliphatic rings.